The van der Waals surface area contributed by atoms with Crippen LogP contribution < -0.4 is 0 Å². The molecule has 0 unspecified atom stereocenters. The Balaban J connectivity index is 4.61. The van der Waals surface area contributed by atoms with Gasteiger partial charge in [0.2, 0.25) is 0 Å². The molecule has 0 aliphatic heterocycles. The van der Waals surface area contributed by atoms with Crippen LogP contribution in [0.5, 0.6) is 0 Å². The van der Waals surface area contributed by atoms with Gasteiger partial charge in [-0.05, 0) is 0 Å². The first-order valence-corrected chi connectivity index (χ1v) is 2.18. The lowest BCUT2D eigenvalue weighted by molar-refractivity contribution is -0.137. The summed E-state index contributed by atoms with van der Waals surface area (Å²) in [5.74, 6) is -3.41. The lowest BCUT2D eigenvalue weighted by Gasteiger charge is -2.02. The SMILES string of the molecule is O=C(O)C(=C(O)O)C(O)O. The third-order valence-electron chi connectivity index (χ3n) is 0.730. The van der Waals surface area contributed by atoms with Gasteiger partial charge in [-0.15, -0.1) is 0 Å². The molecule has 0 aromatic carbocycles. The molecule has 6 heteroatoms. The molecule has 0 aliphatic carbocycles. The van der Waals surface area contributed by atoms with Crippen molar-refractivity contribution < 1.29 is 30.3 Å². The third-order valence-corrected chi connectivity index (χ3v) is 0.730. The van der Waals surface area contributed by atoms with Crippen LogP contribution in [-0.4, -0.2) is 37.8 Å². The molecule has 0 amide bonds. The minimum Gasteiger partial charge on any atom is -0.481 e. The molecule has 0 heterocycles. The van der Waals surface area contributed by atoms with Gasteiger partial charge in [0.1, 0.15) is 0 Å². The lowest BCUT2D eigenvalue weighted by atomic mass is 10.3. The Kier molecular flexibility index (Phi) is 2.65. The minimum absolute atomic E-state index is 1.25. The maximum atomic E-state index is 9.88. The molecule has 10 heavy (non-hydrogen) atoms. The van der Waals surface area contributed by atoms with Crippen LogP contribution in [0.3, 0.4) is 0 Å². The molecule has 0 saturated heterocycles. The second-order valence-corrected chi connectivity index (χ2v) is 1.42. The molecule has 0 spiro atoms. The van der Waals surface area contributed by atoms with Crippen molar-refractivity contribution in [2.24, 2.45) is 0 Å². The average Bonchev–Trinajstić information content (AvgIpc) is 1.59. The largest absolute Gasteiger partial charge is 0.481 e. The monoisotopic (exact) mass is 150 g/mol. The molecule has 58 valence electrons. The fourth-order valence-electron chi connectivity index (χ4n) is 0.322. The normalized spacial score (nSPS) is 9.50. The van der Waals surface area contributed by atoms with Crippen LogP contribution in [0.15, 0.2) is 11.5 Å². The van der Waals surface area contributed by atoms with E-state index in [9.17, 15) is 4.79 Å². The quantitative estimate of drug-likeness (QED) is 0.190. The molecule has 0 rings (SSSR count). The number of hydrogen-bond donors (Lipinski definition) is 5. The first-order valence-electron chi connectivity index (χ1n) is 2.18. The highest BCUT2D eigenvalue weighted by Crippen LogP contribution is 2.02. The van der Waals surface area contributed by atoms with Crippen molar-refractivity contribution in [1.29, 1.82) is 0 Å². The highest BCUT2D eigenvalue weighted by Gasteiger charge is 2.20. The van der Waals surface area contributed by atoms with Gasteiger partial charge in [0.05, 0.1) is 0 Å². The van der Waals surface area contributed by atoms with E-state index in [-0.39, 0.29) is 0 Å². The van der Waals surface area contributed by atoms with Gasteiger partial charge in [-0.1, -0.05) is 0 Å². The van der Waals surface area contributed by atoms with Crippen LogP contribution in [0.4, 0.5) is 0 Å². The Bertz CT molecular complexity index is 165. The number of hydrogen-bond acceptors (Lipinski definition) is 5. The van der Waals surface area contributed by atoms with E-state index in [4.69, 9.17) is 25.5 Å². The zero-order valence-corrected chi connectivity index (χ0v) is 4.72. The van der Waals surface area contributed by atoms with Crippen molar-refractivity contribution >= 4 is 5.97 Å². The van der Waals surface area contributed by atoms with E-state index in [1.54, 1.807) is 0 Å². The van der Waals surface area contributed by atoms with E-state index >= 15 is 0 Å². The topological polar surface area (TPSA) is 118 Å². The second kappa shape index (κ2) is 3.04. The molecule has 5 N–H and O–H groups in total. The van der Waals surface area contributed by atoms with Gasteiger partial charge in [-0.25, -0.2) is 4.79 Å². The summed E-state index contributed by atoms with van der Waals surface area (Å²) in [6, 6.07) is 0. The van der Waals surface area contributed by atoms with Crippen molar-refractivity contribution in [1.82, 2.24) is 0 Å². The number of carboxylic acid groups (broad SMARTS) is 1. The molecule has 0 aromatic rings. The molecule has 0 radical (unpaired) electrons. The number of carbonyl (C=O) groups is 1. The van der Waals surface area contributed by atoms with Crippen molar-refractivity contribution in [3.8, 4) is 0 Å². The fourth-order valence-corrected chi connectivity index (χ4v) is 0.322. The van der Waals surface area contributed by atoms with E-state index in [1.807, 2.05) is 0 Å². The van der Waals surface area contributed by atoms with Crippen molar-refractivity contribution in [3.05, 3.63) is 11.5 Å². The maximum absolute atomic E-state index is 9.88. The van der Waals surface area contributed by atoms with Crippen molar-refractivity contribution in [3.63, 3.8) is 0 Å². The number of aliphatic carboxylic acids is 1. The zero-order chi connectivity index (χ0) is 8.31. The van der Waals surface area contributed by atoms with Crippen LogP contribution in [0, 0.1) is 0 Å². The van der Waals surface area contributed by atoms with Gasteiger partial charge in [-0.3, -0.25) is 0 Å². The molecule has 0 aliphatic rings. The average molecular weight is 150 g/mol. The summed E-state index contributed by atoms with van der Waals surface area (Å²) in [6.45, 7) is 0. The number of aliphatic hydroxyl groups excluding tert-OH is 2. The third kappa shape index (κ3) is 1.92. The van der Waals surface area contributed by atoms with Crippen LogP contribution in [0.25, 0.3) is 0 Å². The summed E-state index contributed by atoms with van der Waals surface area (Å²) < 4.78 is 0. The Labute approximate surface area is 55.3 Å². The van der Waals surface area contributed by atoms with Crippen molar-refractivity contribution in [2.45, 2.75) is 6.29 Å². The Morgan fingerprint density at radius 2 is 1.50 bits per heavy atom. The maximum Gasteiger partial charge on any atom is 0.344 e. The first kappa shape index (κ1) is 8.73. The predicted molar refractivity (Wildman–Crippen MR) is 28.1 cm³/mol. The number of aliphatic hydroxyl groups is 4. The summed E-state index contributed by atoms with van der Waals surface area (Å²) in [6.07, 6.45) is -2.39. The number of carboxylic acids is 1. The predicted octanol–water partition coefficient (Wildman–Crippen LogP) is -1.29. The Hall–Kier alpha value is -1.27. The van der Waals surface area contributed by atoms with E-state index in [1.165, 1.54) is 0 Å². The van der Waals surface area contributed by atoms with E-state index in [2.05, 4.69) is 0 Å². The summed E-state index contributed by atoms with van der Waals surface area (Å²) in [7, 11) is 0. The first-order chi connectivity index (χ1) is 4.46. The lowest BCUT2D eigenvalue weighted by Crippen LogP contribution is -2.19. The molecule has 0 atom stereocenters. The highest BCUT2D eigenvalue weighted by atomic mass is 16.5. The Morgan fingerprint density at radius 1 is 1.10 bits per heavy atom. The summed E-state index contributed by atoms with van der Waals surface area (Å²) in [5, 5.41) is 40.5. The molecule has 0 saturated carbocycles. The second-order valence-electron chi connectivity index (χ2n) is 1.42. The van der Waals surface area contributed by atoms with E-state index in [0.29, 0.717) is 0 Å². The van der Waals surface area contributed by atoms with Crippen LogP contribution in [-0.2, 0) is 4.79 Å². The summed E-state index contributed by atoms with van der Waals surface area (Å²) in [4.78, 5) is 9.88. The van der Waals surface area contributed by atoms with Crippen molar-refractivity contribution in [2.75, 3.05) is 0 Å². The highest BCUT2D eigenvalue weighted by molar-refractivity contribution is 5.87. The van der Waals surface area contributed by atoms with E-state index < -0.39 is 23.8 Å². The van der Waals surface area contributed by atoms with Crippen LogP contribution >= 0.6 is 0 Å². The standard InChI is InChI=1S/C4H6O6/c5-2(6)1(3(7)8)4(9)10/h2,5-8H,(H,9,10). The fraction of sp³-hybridized carbons (Fsp3) is 0.250. The number of rotatable bonds is 2. The zero-order valence-electron chi connectivity index (χ0n) is 4.72. The molecular formula is C4H6O6. The summed E-state index contributed by atoms with van der Waals surface area (Å²) >= 11 is 0. The van der Waals surface area contributed by atoms with Gasteiger partial charge in [0.15, 0.2) is 11.9 Å². The smallest absolute Gasteiger partial charge is 0.344 e. The molecule has 0 aromatic heterocycles. The molecular weight excluding hydrogens is 144 g/mol. The molecule has 0 fully saturated rings. The van der Waals surface area contributed by atoms with E-state index in [0.717, 1.165) is 0 Å². The van der Waals surface area contributed by atoms with Crippen LogP contribution in [0.1, 0.15) is 0 Å². The summed E-state index contributed by atoms with van der Waals surface area (Å²) in [5.41, 5.74) is -1.25. The van der Waals surface area contributed by atoms with Gasteiger partial charge >= 0.3 is 5.97 Å². The minimum atomic E-state index is -2.39. The van der Waals surface area contributed by atoms with Gasteiger partial charge < -0.3 is 25.5 Å². The van der Waals surface area contributed by atoms with Gasteiger partial charge in [0, 0.05) is 0 Å². The molecule has 0 bridgehead atoms. The van der Waals surface area contributed by atoms with Gasteiger partial charge in [0.25, 0.3) is 5.95 Å². The molecule has 6 nitrogen and oxygen atoms in total. The Morgan fingerprint density at radius 3 is 1.50 bits per heavy atom. The van der Waals surface area contributed by atoms with Crippen LogP contribution in [0.2, 0.25) is 0 Å². The van der Waals surface area contributed by atoms with Gasteiger partial charge in [-0.2, -0.15) is 0 Å².